The van der Waals surface area contributed by atoms with E-state index in [4.69, 9.17) is 4.55 Å². The normalized spacial score (nSPS) is 25.1. The maximum atomic E-state index is 12.7. The Morgan fingerprint density at radius 2 is 1.75 bits per heavy atom. The van der Waals surface area contributed by atoms with Gasteiger partial charge in [0.05, 0.1) is 11.8 Å². The van der Waals surface area contributed by atoms with Crippen molar-refractivity contribution < 1.29 is 17.8 Å². The van der Waals surface area contributed by atoms with Crippen LogP contribution >= 0.6 is 0 Å². The van der Waals surface area contributed by atoms with Crippen LogP contribution in [0.1, 0.15) is 42.6 Å². The van der Waals surface area contributed by atoms with Crippen LogP contribution in [-0.4, -0.2) is 65.0 Å². The summed E-state index contributed by atoms with van der Waals surface area (Å²) >= 11 is 0. The monoisotopic (exact) mass is 408 g/mol. The van der Waals surface area contributed by atoms with E-state index in [2.05, 4.69) is 22.4 Å². The Morgan fingerprint density at radius 1 is 1.18 bits per heavy atom. The summed E-state index contributed by atoms with van der Waals surface area (Å²) in [7, 11) is 0.456. The number of nitrogens with zero attached hydrogens (tertiary/aromatic N) is 3. The third kappa shape index (κ3) is 4.89. The first-order chi connectivity index (χ1) is 13.1. The lowest BCUT2D eigenvalue weighted by Crippen LogP contribution is -2.55. The van der Waals surface area contributed by atoms with Crippen LogP contribution < -0.4 is 5.32 Å². The number of amides is 1. The number of fused-ring (bicyclic) bond motifs is 3. The molecule has 1 amide bonds. The van der Waals surface area contributed by atoms with Crippen molar-refractivity contribution in [1.82, 2.24) is 20.0 Å². The first-order valence-corrected chi connectivity index (χ1v) is 11.4. The number of nitrogens with one attached hydrogen (secondary N) is 1. The second-order valence-corrected chi connectivity index (χ2v) is 9.23. The van der Waals surface area contributed by atoms with Gasteiger partial charge >= 0.3 is 0 Å². The van der Waals surface area contributed by atoms with Crippen molar-refractivity contribution >= 4 is 26.9 Å². The zero-order chi connectivity index (χ0) is 20.5. The van der Waals surface area contributed by atoms with Crippen LogP contribution in [0.25, 0.3) is 10.9 Å². The molecule has 0 radical (unpaired) electrons. The summed E-state index contributed by atoms with van der Waals surface area (Å²) in [6.45, 7) is 0. The van der Waals surface area contributed by atoms with Gasteiger partial charge in [-0.05, 0) is 38.8 Å². The van der Waals surface area contributed by atoms with Gasteiger partial charge < -0.3 is 10.2 Å². The Bertz CT molecular complexity index is 934. The molecule has 2 fully saturated rings. The molecule has 2 saturated heterocycles. The van der Waals surface area contributed by atoms with E-state index in [1.807, 2.05) is 31.3 Å². The molecule has 0 unspecified atom stereocenters. The molecule has 1 aromatic heterocycles. The second-order valence-electron chi connectivity index (χ2n) is 7.77. The van der Waals surface area contributed by atoms with Gasteiger partial charge in [0.2, 0.25) is 0 Å². The van der Waals surface area contributed by atoms with E-state index in [0.29, 0.717) is 24.0 Å². The Balaban J connectivity index is 0.000000403. The fourth-order valence-corrected chi connectivity index (χ4v) is 4.37. The Kier molecular flexibility index (Phi) is 6.07. The number of carbonyl (C=O) groups excluding carboxylic acids is 1. The topological polar surface area (TPSA) is 105 Å². The van der Waals surface area contributed by atoms with Gasteiger partial charge in [-0.2, -0.15) is 13.5 Å². The molecule has 154 valence electrons. The van der Waals surface area contributed by atoms with Gasteiger partial charge in [0.1, 0.15) is 0 Å². The minimum atomic E-state index is -3.67. The van der Waals surface area contributed by atoms with Gasteiger partial charge in [0, 0.05) is 30.6 Å². The highest BCUT2D eigenvalue weighted by Crippen LogP contribution is 2.32. The summed E-state index contributed by atoms with van der Waals surface area (Å²) in [5.74, 6) is -0.0329. The van der Waals surface area contributed by atoms with Crippen LogP contribution in [0.15, 0.2) is 24.3 Å². The van der Waals surface area contributed by atoms with Crippen molar-refractivity contribution in [3.05, 3.63) is 30.0 Å². The highest BCUT2D eigenvalue weighted by Gasteiger charge is 2.36. The summed E-state index contributed by atoms with van der Waals surface area (Å²) in [6.07, 6.45) is 6.67. The predicted molar refractivity (Wildman–Crippen MR) is 108 cm³/mol. The number of hydrogen-bond acceptors (Lipinski definition) is 5. The zero-order valence-electron chi connectivity index (χ0n) is 16.5. The number of carbonyl (C=O) groups is 1. The van der Waals surface area contributed by atoms with E-state index in [1.54, 1.807) is 4.68 Å². The van der Waals surface area contributed by atoms with Gasteiger partial charge in [0.25, 0.3) is 16.0 Å². The van der Waals surface area contributed by atoms with Crippen molar-refractivity contribution in [3.63, 3.8) is 0 Å². The van der Waals surface area contributed by atoms with E-state index in [1.165, 1.54) is 19.3 Å². The molecule has 3 heterocycles. The molecule has 0 aliphatic carbocycles. The van der Waals surface area contributed by atoms with Crippen molar-refractivity contribution in [2.24, 2.45) is 7.05 Å². The van der Waals surface area contributed by atoms with Gasteiger partial charge in [-0.1, -0.05) is 24.6 Å². The van der Waals surface area contributed by atoms with Crippen LogP contribution in [-0.2, 0) is 17.2 Å². The molecule has 4 rings (SSSR count). The van der Waals surface area contributed by atoms with Gasteiger partial charge in [-0.25, -0.2) is 0 Å². The molecule has 8 nitrogen and oxygen atoms in total. The zero-order valence-corrected chi connectivity index (χ0v) is 17.3. The molecular formula is C19H28N4O4S. The molecule has 9 heteroatoms. The average molecular weight is 409 g/mol. The van der Waals surface area contributed by atoms with Crippen LogP contribution in [0.5, 0.6) is 0 Å². The molecule has 2 bridgehead atoms. The minimum absolute atomic E-state index is 0.0329. The van der Waals surface area contributed by atoms with E-state index in [9.17, 15) is 13.2 Å². The number of benzene rings is 1. The Hall–Kier alpha value is -1.97. The molecule has 2 aliphatic heterocycles. The summed E-state index contributed by atoms with van der Waals surface area (Å²) in [5, 5.41) is 8.62. The number of hydrogen-bond donors (Lipinski definition) is 2. The summed E-state index contributed by atoms with van der Waals surface area (Å²) in [4.78, 5) is 15.3. The van der Waals surface area contributed by atoms with Crippen LogP contribution in [0.2, 0.25) is 0 Å². The maximum absolute atomic E-state index is 12.7. The summed E-state index contributed by atoms with van der Waals surface area (Å²) in [6, 6.07) is 9.42. The minimum Gasteiger partial charge on any atom is -0.348 e. The first kappa shape index (κ1) is 20.8. The number of piperidine rings is 2. The molecule has 2 aromatic rings. The van der Waals surface area contributed by atoms with Gasteiger partial charge in [-0.3, -0.25) is 14.0 Å². The van der Waals surface area contributed by atoms with E-state index in [0.717, 1.165) is 23.7 Å². The van der Waals surface area contributed by atoms with Crippen LogP contribution in [0.3, 0.4) is 0 Å². The van der Waals surface area contributed by atoms with Crippen molar-refractivity contribution in [3.8, 4) is 0 Å². The highest BCUT2D eigenvalue weighted by molar-refractivity contribution is 7.85. The Labute approximate surface area is 165 Å². The molecule has 28 heavy (non-hydrogen) atoms. The molecular weight excluding hydrogens is 380 g/mol. The summed E-state index contributed by atoms with van der Waals surface area (Å²) < 4.78 is 27.7. The predicted octanol–water partition coefficient (Wildman–Crippen LogP) is 1.82. The number of aryl methyl sites for hydroxylation is 1. The second kappa shape index (κ2) is 8.18. The van der Waals surface area contributed by atoms with Gasteiger partial charge in [0.15, 0.2) is 5.69 Å². The summed E-state index contributed by atoms with van der Waals surface area (Å²) in [5.41, 5.74) is 1.55. The van der Waals surface area contributed by atoms with Crippen molar-refractivity contribution in [2.75, 3.05) is 13.3 Å². The molecule has 2 atom stereocenters. The standard InChI is InChI=1S/C18H24N4O.CH4O3S/c1-21-13-6-5-7-14(21)11-12(10-13)19-18(23)17-15-8-3-4-9-16(15)22(2)20-17;1-5(2,3)4/h3-4,8-9,12-14H,5-7,10-11H2,1-2H3,(H,19,23);1H3,(H,2,3,4)/t13-,14-;/m0./s1. The molecule has 0 spiro atoms. The lowest BCUT2D eigenvalue weighted by Gasteiger charge is -2.47. The van der Waals surface area contributed by atoms with Crippen LogP contribution in [0, 0.1) is 0 Å². The SMILES string of the molecule is CN1[C@H]2CCC[C@H]1CC(NC(=O)c1nn(C)c3ccccc13)C2.CS(=O)(=O)O. The quantitative estimate of drug-likeness (QED) is 0.735. The smallest absolute Gasteiger partial charge is 0.272 e. The molecule has 2 N–H and O–H groups in total. The van der Waals surface area contributed by atoms with Crippen molar-refractivity contribution in [2.45, 2.75) is 50.2 Å². The maximum Gasteiger partial charge on any atom is 0.272 e. The van der Waals surface area contributed by atoms with Crippen LogP contribution in [0.4, 0.5) is 0 Å². The molecule has 2 aliphatic rings. The van der Waals surface area contributed by atoms with E-state index < -0.39 is 10.1 Å². The lowest BCUT2D eigenvalue weighted by molar-refractivity contribution is 0.0462. The third-order valence-electron chi connectivity index (χ3n) is 5.65. The number of aromatic nitrogens is 2. The average Bonchev–Trinajstić information content (AvgIpc) is 2.92. The lowest BCUT2D eigenvalue weighted by atomic mass is 9.82. The fourth-order valence-electron chi connectivity index (χ4n) is 4.37. The van der Waals surface area contributed by atoms with Gasteiger partial charge in [-0.15, -0.1) is 0 Å². The van der Waals surface area contributed by atoms with E-state index in [-0.39, 0.29) is 11.9 Å². The number of para-hydroxylation sites is 1. The third-order valence-corrected chi connectivity index (χ3v) is 5.65. The number of rotatable bonds is 2. The first-order valence-electron chi connectivity index (χ1n) is 9.50. The Morgan fingerprint density at radius 3 is 2.36 bits per heavy atom. The highest BCUT2D eigenvalue weighted by atomic mass is 32.2. The van der Waals surface area contributed by atoms with Crippen molar-refractivity contribution in [1.29, 1.82) is 0 Å². The molecule has 0 saturated carbocycles. The fraction of sp³-hybridized carbons (Fsp3) is 0.579. The largest absolute Gasteiger partial charge is 0.348 e. The molecule has 1 aromatic carbocycles. The van der Waals surface area contributed by atoms with E-state index >= 15 is 0 Å².